The number of hydrogen-bond donors (Lipinski definition) is 0. The Labute approximate surface area is 150 Å². The van der Waals surface area contributed by atoms with Gasteiger partial charge >= 0.3 is 0 Å². The highest BCUT2D eigenvalue weighted by atomic mass is 19.1. The molecular formula is C19H17FN2O4. The number of ether oxygens (including phenoxy) is 1. The first kappa shape index (κ1) is 17.7. The van der Waals surface area contributed by atoms with Crippen LogP contribution in [0.15, 0.2) is 24.3 Å². The van der Waals surface area contributed by atoms with E-state index in [1.54, 1.807) is 0 Å². The van der Waals surface area contributed by atoms with Gasteiger partial charge in [-0.2, -0.15) is 0 Å². The number of amides is 3. The first-order valence-electron chi connectivity index (χ1n) is 8.31. The van der Waals surface area contributed by atoms with Crippen LogP contribution in [0.25, 0.3) is 0 Å². The number of fused-ring (bicyclic) bond motifs is 1. The van der Waals surface area contributed by atoms with Crippen molar-refractivity contribution in [2.24, 2.45) is 0 Å². The summed E-state index contributed by atoms with van der Waals surface area (Å²) in [5, 5.41) is 0. The summed E-state index contributed by atoms with van der Waals surface area (Å²) in [4.78, 5) is 38.2. The van der Waals surface area contributed by atoms with Gasteiger partial charge in [0.05, 0.1) is 17.9 Å². The fraction of sp³-hybridized carbons (Fsp3) is 0.316. The molecule has 0 radical (unpaired) electrons. The van der Waals surface area contributed by atoms with Gasteiger partial charge in [0.15, 0.2) is 11.4 Å². The van der Waals surface area contributed by atoms with Crippen LogP contribution in [-0.4, -0.2) is 29.9 Å². The lowest BCUT2D eigenvalue weighted by atomic mass is 10.1. The van der Waals surface area contributed by atoms with Gasteiger partial charge in [-0.3, -0.25) is 19.3 Å². The second kappa shape index (κ2) is 6.30. The summed E-state index contributed by atoms with van der Waals surface area (Å²) >= 11 is 0. The van der Waals surface area contributed by atoms with E-state index in [1.165, 1.54) is 11.0 Å². The van der Waals surface area contributed by atoms with E-state index in [4.69, 9.17) is 11.2 Å². The largest absolute Gasteiger partial charge is 0.475 e. The lowest BCUT2D eigenvalue weighted by molar-refractivity contribution is -0.128. The Morgan fingerprint density at radius 1 is 1.15 bits per heavy atom. The van der Waals surface area contributed by atoms with Crippen molar-refractivity contribution >= 4 is 29.1 Å². The maximum Gasteiger partial charge on any atom is 0.272 e. The number of imide groups is 1. The molecule has 6 nitrogen and oxygen atoms in total. The molecule has 0 saturated heterocycles. The Bertz CT molecular complexity index is 862. The minimum atomic E-state index is -0.960. The highest BCUT2D eigenvalue weighted by molar-refractivity contribution is 6.28. The van der Waals surface area contributed by atoms with Gasteiger partial charge in [0.25, 0.3) is 17.7 Å². The van der Waals surface area contributed by atoms with Gasteiger partial charge in [-0.05, 0) is 6.07 Å². The number of carbonyl (C=O) groups excluding carboxylic acids is 3. The minimum absolute atomic E-state index is 0.0117. The zero-order chi connectivity index (χ0) is 19.1. The standard InChI is InChI=1S/C17H11FN2O4.C2H6/c1-2-7-19-12-9-11(20-14(21)3-4-15(20)22)10(18)8-13(12)24-17(5-6-17)16(19)23;1-2/h1,3-4,8-9H,5-7H2;1-2H3. The average molecular weight is 356 g/mol. The maximum atomic E-state index is 14.5. The van der Waals surface area contributed by atoms with Crippen LogP contribution >= 0.6 is 0 Å². The van der Waals surface area contributed by atoms with Crippen LogP contribution in [0.1, 0.15) is 26.7 Å². The predicted molar refractivity (Wildman–Crippen MR) is 93.2 cm³/mol. The van der Waals surface area contributed by atoms with Gasteiger partial charge in [-0.25, -0.2) is 9.29 Å². The molecule has 1 aromatic rings. The summed E-state index contributed by atoms with van der Waals surface area (Å²) in [6.07, 6.45) is 8.54. The van der Waals surface area contributed by atoms with Crippen molar-refractivity contribution in [3.05, 3.63) is 30.1 Å². The van der Waals surface area contributed by atoms with Crippen LogP contribution in [0.5, 0.6) is 5.75 Å². The van der Waals surface area contributed by atoms with E-state index >= 15 is 0 Å². The molecule has 4 rings (SSSR count). The molecule has 134 valence electrons. The van der Waals surface area contributed by atoms with Crippen LogP contribution in [0.3, 0.4) is 0 Å². The van der Waals surface area contributed by atoms with Gasteiger partial charge in [0.1, 0.15) is 5.75 Å². The molecule has 1 spiro atoms. The van der Waals surface area contributed by atoms with Crippen molar-refractivity contribution in [1.29, 1.82) is 0 Å². The number of anilines is 2. The summed E-state index contributed by atoms with van der Waals surface area (Å²) < 4.78 is 20.1. The molecule has 0 aromatic heterocycles. The van der Waals surface area contributed by atoms with Crippen LogP contribution in [0, 0.1) is 18.2 Å². The molecule has 3 amide bonds. The molecular weight excluding hydrogens is 339 g/mol. The summed E-state index contributed by atoms with van der Waals surface area (Å²) in [5.41, 5.74) is -0.947. The average Bonchev–Trinajstić information content (AvgIpc) is 3.33. The summed E-state index contributed by atoms with van der Waals surface area (Å²) in [6.45, 7) is 3.99. The van der Waals surface area contributed by atoms with E-state index in [2.05, 4.69) is 5.92 Å². The van der Waals surface area contributed by atoms with Crippen molar-refractivity contribution in [2.45, 2.75) is 32.3 Å². The van der Waals surface area contributed by atoms with Gasteiger partial charge in [0, 0.05) is 31.1 Å². The molecule has 3 aliphatic rings. The van der Waals surface area contributed by atoms with Crippen molar-refractivity contribution in [3.8, 4) is 18.1 Å². The zero-order valence-electron chi connectivity index (χ0n) is 14.4. The van der Waals surface area contributed by atoms with Gasteiger partial charge in [-0.1, -0.05) is 19.8 Å². The molecule has 0 N–H and O–H groups in total. The molecule has 1 aliphatic carbocycles. The van der Waals surface area contributed by atoms with Crippen LogP contribution in [0.2, 0.25) is 0 Å². The van der Waals surface area contributed by atoms with Crippen molar-refractivity contribution < 1.29 is 23.5 Å². The van der Waals surface area contributed by atoms with E-state index in [1.807, 2.05) is 13.8 Å². The Kier molecular flexibility index (Phi) is 4.28. The Hall–Kier alpha value is -3.14. The molecule has 1 fully saturated rings. The van der Waals surface area contributed by atoms with Crippen molar-refractivity contribution in [2.75, 3.05) is 16.3 Å². The molecule has 2 aliphatic heterocycles. The number of nitrogens with zero attached hydrogens (tertiary/aromatic N) is 2. The monoisotopic (exact) mass is 356 g/mol. The van der Waals surface area contributed by atoms with Gasteiger partial charge in [0.2, 0.25) is 0 Å². The fourth-order valence-electron chi connectivity index (χ4n) is 2.92. The molecule has 2 heterocycles. The highest BCUT2D eigenvalue weighted by Crippen LogP contribution is 2.50. The minimum Gasteiger partial charge on any atom is -0.475 e. The molecule has 26 heavy (non-hydrogen) atoms. The third-order valence-electron chi connectivity index (χ3n) is 4.26. The molecule has 1 aromatic carbocycles. The Morgan fingerprint density at radius 2 is 1.77 bits per heavy atom. The van der Waals surface area contributed by atoms with Crippen molar-refractivity contribution in [3.63, 3.8) is 0 Å². The van der Waals surface area contributed by atoms with Gasteiger partial charge < -0.3 is 4.74 Å². The molecule has 0 unspecified atom stereocenters. The first-order valence-corrected chi connectivity index (χ1v) is 8.31. The molecule has 0 bridgehead atoms. The second-order valence-electron chi connectivity index (χ2n) is 5.81. The van der Waals surface area contributed by atoms with Crippen molar-refractivity contribution in [1.82, 2.24) is 0 Å². The fourth-order valence-corrected chi connectivity index (χ4v) is 2.92. The van der Waals surface area contributed by atoms with E-state index in [-0.39, 0.29) is 29.6 Å². The highest BCUT2D eigenvalue weighted by Gasteiger charge is 2.58. The third kappa shape index (κ3) is 2.54. The number of hydrogen-bond acceptors (Lipinski definition) is 4. The SMILES string of the molecule is C#CCN1C(=O)C2(CC2)Oc2cc(F)c(N3C(=O)C=CC3=O)cc21.CC. The first-order chi connectivity index (χ1) is 12.5. The quantitative estimate of drug-likeness (QED) is 0.602. The zero-order valence-corrected chi connectivity index (χ0v) is 14.4. The van der Waals surface area contributed by atoms with Crippen LogP contribution in [0.4, 0.5) is 15.8 Å². The third-order valence-corrected chi connectivity index (χ3v) is 4.26. The Morgan fingerprint density at radius 3 is 2.31 bits per heavy atom. The van der Waals surface area contributed by atoms with E-state index in [9.17, 15) is 18.8 Å². The number of benzene rings is 1. The second-order valence-corrected chi connectivity index (χ2v) is 5.81. The van der Waals surface area contributed by atoms with Gasteiger partial charge in [-0.15, -0.1) is 6.42 Å². The topological polar surface area (TPSA) is 66.9 Å². The summed E-state index contributed by atoms with van der Waals surface area (Å²) in [7, 11) is 0. The van der Waals surface area contributed by atoms with E-state index in [0.29, 0.717) is 17.7 Å². The predicted octanol–water partition coefficient (Wildman–Crippen LogP) is 2.17. The number of halogens is 1. The normalized spacial score (nSPS) is 18.9. The summed E-state index contributed by atoms with van der Waals surface area (Å²) in [5.74, 6) is 0.194. The van der Waals surface area contributed by atoms with E-state index < -0.39 is 23.2 Å². The Balaban J connectivity index is 0.000000948. The molecule has 7 heteroatoms. The number of rotatable bonds is 2. The number of terminal acetylenes is 1. The van der Waals surface area contributed by atoms with E-state index in [0.717, 1.165) is 18.2 Å². The lowest BCUT2D eigenvalue weighted by Gasteiger charge is -2.34. The lowest BCUT2D eigenvalue weighted by Crippen LogP contribution is -2.48. The van der Waals surface area contributed by atoms with Crippen LogP contribution in [-0.2, 0) is 14.4 Å². The number of carbonyl (C=O) groups is 3. The molecule has 0 atom stereocenters. The molecule has 1 saturated carbocycles. The smallest absolute Gasteiger partial charge is 0.272 e. The van der Waals surface area contributed by atoms with Crippen LogP contribution < -0.4 is 14.5 Å². The maximum absolute atomic E-state index is 14.5. The summed E-state index contributed by atoms with van der Waals surface area (Å²) in [6, 6.07) is 2.33.